The molecule has 120 valence electrons. The Kier molecular flexibility index (Phi) is 7.07. The van der Waals surface area contributed by atoms with E-state index in [2.05, 4.69) is 10.2 Å². The van der Waals surface area contributed by atoms with Gasteiger partial charge in [-0.1, -0.05) is 12.5 Å². The molecule has 1 saturated carbocycles. The van der Waals surface area contributed by atoms with Crippen molar-refractivity contribution in [3.05, 3.63) is 23.8 Å². The molecule has 1 atom stereocenters. The van der Waals surface area contributed by atoms with E-state index in [1.54, 1.807) is 12.1 Å². The van der Waals surface area contributed by atoms with Crippen LogP contribution in [0.3, 0.4) is 0 Å². The van der Waals surface area contributed by atoms with Gasteiger partial charge in [0.25, 0.3) is 0 Å². The number of benzene rings is 1. The molecule has 1 aromatic rings. The maximum absolute atomic E-state index is 9.74. The molecule has 1 saturated heterocycles. The highest BCUT2D eigenvalue weighted by Gasteiger charge is 2.33. The van der Waals surface area contributed by atoms with E-state index in [1.165, 1.54) is 19.3 Å². The molecule has 1 aliphatic heterocycles. The van der Waals surface area contributed by atoms with Gasteiger partial charge in [-0.25, -0.2) is 0 Å². The van der Waals surface area contributed by atoms with Crippen LogP contribution < -0.4 is 5.32 Å². The average Bonchev–Trinajstić information content (AvgIpc) is 2.38. The van der Waals surface area contributed by atoms with E-state index in [4.69, 9.17) is 0 Å². The number of halogens is 2. The first-order valence-corrected chi connectivity index (χ1v) is 7.22. The first-order chi connectivity index (χ1) is 9.25. The van der Waals surface area contributed by atoms with E-state index in [0.29, 0.717) is 12.0 Å². The van der Waals surface area contributed by atoms with E-state index in [9.17, 15) is 10.2 Å². The van der Waals surface area contributed by atoms with Crippen LogP contribution in [0.1, 0.15) is 30.9 Å². The predicted octanol–water partition coefficient (Wildman–Crippen LogP) is 2.69. The van der Waals surface area contributed by atoms with Crippen LogP contribution in [0.2, 0.25) is 0 Å². The van der Waals surface area contributed by atoms with Crippen molar-refractivity contribution in [2.24, 2.45) is 5.92 Å². The Balaban J connectivity index is 0.00000110. The number of aromatic hydroxyl groups is 2. The molecular weight excluding hydrogens is 311 g/mol. The third-order valence-electron chi connectivity index (χ3n) is 4.48. The van der Waals surface area contributed by atoms with Crippen LogP contribution in [0.4, 0.5) is 0 Å². The number of phenols is 2. The standard InChI is InChI=1S/C15H22N2O2.2ClH/c18-13-5-4-12(10-14(13)19)15(11-2-1-3-11)17-8-6-16-7-9-17;;/h4-5,10-11,15-16,18-19H,1-3,6-9H2;2*1H/t15-;;/m0../s1. The van der Waals surface area contributed by atoms with Gasteiger partial charge in [0.05, 0.1) is 0 Å². The topological polar surface area (TPSA) is 55.7 Å². The summed E-state index contributed by atoms with van der Waals surface area (Å²) in [6.07, 6.45) is 3.86. The van der Waals surface area contributed by atoms with Crippen molar-refractivity contribution in [2.75, 3.05) is 26.2 Å². The Hall–Kier alpha value is -0.680. The van der Waals surface area contributed by atoms with Crippen molar-refractivity contribution in [2.45, 2.75) is 25.3 Å². The second-order valence-corrected chi connectivity index (χ2v) is 5.67. The molecule has 0 bridgehead atoms. The van der Waals surface area contributed by atoms with Crippen LogP contribution >= 0.6 is 24.8 Å². The molecule has 1 aliphatic carbocycles. The molecule has 6 heteroatoms. The fourth-order valence-corrected chi connectivity index (χ4v) is 3.22. The largest absolute Gasteiger partial charge is 0.504 e. The van der Waals surface area contributed by atoms with Gasteiger partial charge in [-0.3, -0.25) is 4.90 Å². The minimum atomic E-state index is -0.0311. The summed E-state index contributed by atoms with van der Waals surface area (Å²) < 4.78 is 0. The smallest absolute Gasteiger partial charge is 0.157 e. The van der Waals surface area contributed by atoms with Gasteiger partial charge in [-0.05, 0) is 36.5 Å². The van der Waals surface area contributed by atoms with Gasteiger partial charge >= 0.3 is 0 Å². The zero-order valence-electron chi connectivity index (χ0n) is 12.0. The third-order valence-corrected chi connectivity index (χ3v) is 4.48. The lowest BCUT2D eigenvalue weighted by Crippen LogP contribution is -2.47. The number of hydrogen-bond donors (Lipinski definition) is 3. The maximum atomic E-state index is 9.74. The maximum Gasteiger partial charge on any atom is 0.157 e. The summed E-state index contributed by atoms with van der Waals surface area (Å²) in [5, 5.41) is 22.6. The van der Waals surface area contributed by atoms with E-state index >= 15 is 0 Å². The number of nitrogens with zero attached hydrogens (tertiary/aromatic N) is 1. The average molecular weight is 335 g/mol. The minimum absolute atomic E-state index is 0. The molecule has 0 aromatic heterocycles. The summed E-state index contributed by atoms with van der Waals surface area (Å²) in [6, 6.07) is 5.70. The minimum Gasteiger partial charge on any atom is -0.504 e. The summed E-state index contributed by atoms with van der Waals surface area (Å²) in [5.74, 6) is 0.662. The van der Waals surface area contributed by atoms with E-state index in [-0.39, 0.29) is 36.3 Å². The molecule has 3 rings (SSSR count). The number of phenolic OH excluding ortho intramolecular Hbond substituents is 2. The molecule has 2 aliphatic rings. The van der Waals surface area contributed by atoms with Crippen molar-refractivity contribution in [1.29, 1.82) is 0 Å². The monoisotopic (exact) mass is 334 g/mol. The molecule has 0 radical (unpaired) electrons. The fourth-order valence-electron chi connectivity index (χ4n) is 3.22. The Morgan fingerprint density at radius 2 is 1.71 bits per heavy atom. The van der Waals surface area contributed by atoms with Crippen LogP contribution in [-0.2, 0) is 0 Å². The van der Waals surface area contributed by atoms with Crippen LogP contribution in [0.25, 0.3) is 0 Å². The van der Waals surface area contributed by atoms with Crippen molar-refractivity contribution in [3.63, 3.8) is 0 Å². The van der Waals surface area contributed by atoms with Gasteiger partial charge in [-0.2, -0.15) is 0 Å². The quantitative estimate of drug-likeness (QED) is 0.744. The predicted molar refractivity (Wildman–Crippen MR) is 88.8 cm³/mol. The number of hydrogen-bond acceptors (Lipinski definition) is 4. The fraction of sp³-hybridized carbons (Fsp3) is 0.600. The highest BCUT2D eigenvalue weighted by Crippen LogP contribution is 2.43. The zero-order chi connectivity index (χ0) is 13.2. The molecule has 2 fully saturated rings. The SMILES string of the molecule is Cl.Cl.Oc1ccc([C@H](C2CCC2)N2CCNCC2)cc1O. The number of nitrogens with one attached hydrogen (secondary N) is 1. The van der Waals surface area contributed by atoms with Crippen LogP contribution in [0.15, 0.2) is 18.2 Å². The second kappa shape index (κ2) is 8.08. The molecule has 1 aromatic carbocycles. The Bertz CT molecular complexity index is 449. The second-order valence-electron chi connectivity index (χ2n) is 5.67. The van der Waals surface area contributed by atoms with Gasteiger partial charge in [0.1, 0.15) is 0 Å². The van der Waals surface area contributed by atoms with Crippen LogP contribution in [-0.4, -0.2) is 41.3 Å². The molecule has 0 amide bonds. The lowest BCUT2D eigenvalue weighted by Gasteiger charge is -2.43. The molecule has 0 unspecified atom stereocenters. The lowest BCUT2D eigenvalue weighted by molar-refractivity contribution is 0.0835. The lowest BCUT2D eigenvalue weighted by atomic mass is 9.76. The van der Waals surface area contributed by atoms with Crippen molar-refractivity contribution >= 4 is 24.8 Å². The normalized spacial score (nSPS) is 20.8. The van der Waals surface area contributed by atoms with Crippen LogP contribution in [0, 0.1) is 5.92 Å². The summed E-state index contributed by atoms with van der Waals surface area (Å²) in [7, 11) is 0. The Morgan fingerprint density at radius 3 is 2.24 bits per heavy atom. The van der Waals surface area contributed by atoms with E-state index in [0.717, 1.165) is 31.7 Å². The Morgan fingerprint density at radius 1 is 1.05 bits per heavy atom. The highest BCUT2D eigenvalue weighted by atomic mass is 35.5. The molecular formula is C15H24Cl2N2O2. The molecule has 4 nitrogen and oxygen atoms in total. The third kappa shape index (κ3) is 3.95. The van der Waals surface area contributed by atoms with Crippen molar-refractivity contribution in [3.8, 4) is 11.5 Å². The van der Waals surface area contributed by atoms with Gasteiger partial charge in [-0.15, -0.1) is 24.8 Å². The van der Waals surface area contributed by atoms with Crippen molar-refractivity contribution < 1.29 is 10.2 Å². The van der Waals surface area contributed by atoms with Gasteiger partial charge in [0, 0.05) is 32.2 Å². The van der Waals surface area contributed by atoms with E-state index in [1.807, 2.05) is 6.07 Å². The molecule has 1 heterocycles. The molecule has 3 N–H and O–H groups in total. The number of rotatable bonds is 3. The number of piperazine rings is 1. The molecule has 21 heavy (non-hydrogen) atoms. The summed E-state index contributed by atoms with van der Waals surface area (Å²) >= 11 is 0. The van der Waals surface area contributed by atoms with Gasteiger partial charge in [0.2, 0.25) is 0 Å². The first kappa shape index (κ1) is 18.4. The summed E-state index contributed by atoms with van der Waals surface area (Å²) in [6.45, 7) is 4.19. The first-order valence-electron chi connectivity index (χ1n) is 7.22. The highest BCUT2D eigenvalue weighted by molar-refractivity contribution is 5.85. The molecule has 0 spiro atoms. The van der Waals surface area contributed by atoms with Gasteiger partial charge < -0.3 is 15.5 Å². The summed E-state index contributed by atoms with van der Waals surface area (Å²) in [5.41, 5.74) is 1.14. The van der Waals surface area contributed by atoms with E-state index < -0.39 is 0 Å². The summed E-state index contributed by atoms with van der Waals surface area (Å²) in [4.78, 5) is 2.52. The van der Waals surface area contributed by atoms with Crippen molar-refractivity contribution in [1.82, 2.24) is 10.2 Å². The van der Waals surface area contributed by atoms with Crippen LogP contribution in [0.5, 0.6) is 11.5 Å². The zero-order valence-corrected chi connectivity index (χ0v) is 13.6. The van der Waals surface area contributed by atoms with Gasteiger partial charge in [0.15, 0.2) is 11.5 Å². The Labute approximate surface area is 138 Å².